The van der Waals surface area contributed by atoms with Crippen molar-refractivity contribution in [1.82, 2.24) is 0 Å². The molecule has 0 aromatic carbocycles. The van der Waals surface area contributed by atoms with Gasteiger partial charge in [-0.15, -0.1) is 0 Å². The molecule has 4 aliphatic rings. The number of rotatable bonds is 2. The van der Waals surface area contributed by atoms with E-state index < -0.39 is 0 Å². The van der Waals surface area contributed by atoms with Crippen molar-refractivity contribution in [3.05, 3.63) is 11.1 Å². The standard InChI is InChI=1S/C19H32O/c1-16(2)8-6-14(7-13-20)15-17(3,4)18(5)9-11-19(15,16)12-10-18/h20H,6-13H2,1-5H3. The molecule has 1 N–H and O–H groups in total. The Labute approximate surface area is 124 Å². The SMILES string of the molecule is CC1(C)CCC(CCO)=C2C(C)(C)C3(C)CCC21CC3. The monoisotopic (exact) mass is 276 g/mol. The number of allylic oxidation sites excluding steroid dienone is 1. The maximum absolute atomic E-state index is 9.51. The molecule has 0 heterocycles. The van der Waals surface area contributed by atoms with Gasteiger partial charge in [-0.3, -0.25) is 0 Å². The minimum Gasteiger partial charge on any atom is -0.396 e. The first-order chi connectivity index (χ1) is 9.20. The minimum absolute atomic E-state index is 0.311. The first kappa shape index (κ1) is 14.6. The summed E-state index contributed by atoms with van der Waals surface area (Å²) in [5.41, 5.74) is 5.03. The molecule has 3 fully saturated rings. The smallest absolute Gasteiger partial charge is 0.0468 e. The van der Waals surface area contributed by atoms with Crippen molar-refractivity contribution in [2.24, 2.45) is 21.7 Å². The van der Waals surface area contributed by atoms with Crippen LogP contribution in [0.25, 0.3) is 0 Å². The van der Waals surface area contributed by atoms with Crippen molar-refractivity contribution >= 4 is 0 Å². The molecule has 1 heteroatoms. The van der Waals surface area contributed by atoms with E-state index in [1.807, 2.05) is 0 Å². The minimum atomic E-state index is 0.311. The third-order valence-corrected chi connectivity index (χ3v) is 7.93. The zero-order chi connectivity index (χ0) is 14.8. The molecule has 0 unspecified atom stereocenters. The van der Waals surface area contributed by atoms with E-state index >= 15 is 0 Å². The van der Waals surface area contributed by atoms with Crippen LogP contribution in [0.1, 0.15) is 79.6 Å². The van der Waals surface area contributed by atoms with Crippen LogP contribution in [0.3, 0.4) is 0 Å². The molecule has 3 saturated carbocycles. The lowest BCUT2D eigenvalue weighted by Gasteiger charge is -2.69. The van der Waals surface area contributed by atoms with Gasteiger partial charge in [-0.2, -0.15) is 0 Å². The van der Waals surface area contributed by atoms with E-state index in [1.165, 1.54) is 38.5 Å². The summed E-state index contributed by atoms with van der Waals surface area (Å²) in [4.78, 5) is 0. The highest BCUT2D eigenvalue weighted by Crippen LogP contribution is 2.75. The van der Waals surface area contributed by atoms with Crippen molar-refractivity contribution in [2.45, 2.75) is 79.6 Å². The number of aliphatic hydroxyl groups is 1. The summed E-state index contributed by atoms with van der Waals surface area (Å²) in [6.45, 7) is 12.8. The first-order valence-electron chi connectivity index (χ1n) is 8.54. The maximum atomic E-state index is 9.51. The van der Waals surface area contributed by atoms with Crippen molar-refractivity contribution < 1.29 is 5.11 Å². The van der Waals surface area contributed by atoms with Crippen LogP contribution in [0, 0.1) is 21.7 Å². The van der Waals surface area contributed by atoms with E-state index in [1.54, 1.807) is 11.1 Å². The van der Waals surface area contributed by atoms with E-state index in [4.69, 9.17) is 0 Å². The van der Waals surface area contributed by atoms with Gasteiger partial charge in [-0.25, -0.2) is 0 Å². The molecule has 0 aromatic heterocycles. The molecule has 4 aliphatic carbocycles. The lowest BCUT2D eigenvalue weighted by molar-refractivity contribution is -0.106. The second-order valence-electron chi connectivity index (χ2n) is 9.10. The Morgan fingerprint density at radius 1 is 0.900 bits per heavy atom. The molecule has 114 valence electrons. The van der Waals surface area contributed by atoms with E-state index in [0.717, 1.165) is 6.42 Å². The Morgan fingerprint density at radius 3 is 2.05 bits per heavy atom. The molecule has 0 saturated heterocycles. The van der Waals surface area contributed by atoms with Gasteiger partial charge < -0.3 is 5.11 Å². The molecule has 0 radical (unpaired) electrons. The Hall–Kier alpha value is -0.300. The highest BCUT2D eigenvalue weighted by molar-refractivity contribution is 5.40. The predicted octanol–water partition coefficient (Wildman–Crippen LogP) is 5.09. The Bertz CT molecular complexity index is 444. The third-order valence-electron chi connectivity index (χ3n) is 7.93. The third kappa shape index (κ3) is 1.54. The van der Waals surface area contributed by atoms with E-state index in [2.05, 4.69) is 34.6 Å². The fraction of sp³-hybridized carbons (Fsp3) is 0.895. The van der Waals surface area contributed by atoms with Crippen molar-refractivity contribution in [1.29, 1.82) is 0 Å². The topological polar surface area (TPSA) is 20.2 Å². The van der Waals surface area contributed by atoms with Gasteiger partial charge in [0.2, 0.25) is 0 Å². The van der Waals surface area contributed by atoms with Gasteiger partial charge in [0.05, 0.1) is 0 Å². The average molecular weight is 276 g/mol. The molecule has 0 aromatic rings. The summed E-state index contributed by atoms with van der Waals surface area (Å²) in [7, 11) is 0. The summed E-state index contributed by atoms with van der Waals surface area (Å²) < 4.78 is 0. The second kappa shape index (κ2) is 4.12. The van der Waals surface area contributed by atoms with Gasteiger partial charge in [0, 0.05) is 6.61 Å². The van der Waals surface area contributed by atoms with Crippen LogP contribution < -0.4 is 0 Å². The maximum Gasteiger partial charge on any atom is 0.0468 e. The van der Waals surface area contributed by atoms with Crippen molar-refractivity contribution in [2.75, 3.05) is 6.61 Å². The van der Waals surface area contributed by atoms with Crippen LogP contribution in [0.2, 0.25) is 0 Å². The van der Waals surface area contributed by atoms with E-state index in [0.29, 0.717) is 28.3 Å². The van der Waals surface area contributed by atoms with Crippen molar-refractivity contribution in [3.63, 3.8) is 0 Å². The zero-order valence-corrected chi connectivity index (χ0v) is 14.1. The molecule has 0 amide bonds. The highest BCUT2D eigenvalue weighted by atomic mass is 16.2. The number of hydrogen-bond donors (Lipinski definition) is 1. The lowest BCUT2D eigenvalue weighted by atomic mass is 9.35. The molecular formula is C19H32O. The average Bonchev–Trinajstić information content (AvgIpc) is 2.36. The summed E-state index contributed by atoms with van der Waals surface area (Å²) in [5, 5.41) is 9.51. The van der Waals surface area contributed by atoms with Crippen LogP contribution in [0.15, 0.2) is 11.1 Å². The van der Waals surface area contributed by atoms with E-state index in [-0.39, 0.29) is 0 Å². The molecule has 1 nitrogen and oxygen atoms in total. The largest absolute Gasteiger partial charge is 0.396 e. The summed E-state index contributed by atoms with van der Waals surface area (Å²) in [6, 6.07) is 0. The van der Waals surface area contributed by atoms with Crippen molar-refractivity contribution in [3.8, 4) is 0 Å². The number of hydrogen-bond acceptors (Lipinski definition) is 1. The van der Waals surface area contributed by atoms with Crippen LogP contribution in [-0.2, 0) is 0 Å². The van der Waals surface area contributed by atoms with Crippen LogP contribution in [-0.4, -0.2) is 11.7 Å². The molecule has 2 bridgehead atoms. The molecule has 4 rings (SSSR count). The fourth-order valence-electron chi connectivity index (χ4n) is 6.01. The van der Waals surface area contributed by atoms with Gasteiger partial charge in [0.1, 0.15) is 0 Å². The second-order valence-corrected chi connectivity index (χ2v) is 9.10. The zero-order valence-electron chi connectivity index (χ0n) is 14.1. The van der Waals surface area contributed by atoms with Gasteiger partial charge in [-0.05, 0) is 66.6 Å². The molecule has 1 spiro atoms. The Morgan fingerprint density at radius 2 is 1.50 bits per heavy atom. The van der Waals surface area contributed by atoms with Crippen LogP contribution in [0.4, 0.5) is 0 Å². The summed E-state index contributed by atoms with van der Waals surface area (Å²) in [6.07, 6.45) is 8.96. The molecule has 0 atom stereocenters. The molecule has 0 aliphatic heterocycles. The number of aliphatic hydroxyl groups excluding tert-OH is 1. The summed E-state index contributed by atoms with van der Waals surface area (Å²) in [5.74, 6) is 0. The summed E-state index contributed by atoms with van der Waals surface area (Å²) >= 11 is 0. The van der Waals surface area contributed by atoms with Gasteiger partial charge in [0.25, 0.3) is 0 Å². The van der Waals surface area contributed by atoms with Crippen LogP contribution >= 0.6 is 0 Å². The quantitative estimate of drug-likeness (QED) is 0.696. The Kier molecular flexibility index (Phi) is 3.02. The molecular weight excluding hydrogens is 244 g/mol. The lowest BCUT2D eigenvalue weighted by Crippen LogP contribution is -2.59. The van der Waals surface area contributed by atoms with E-state index in [9.17, 15) is 5.11 Å². The first-order valence-corrected chi connectivity index (χ1v) is 8.54. The van der Waals surface area contributed by atoms with Crippen LogP contribution in [0.5, 0.6) is 0 Å². The number of fused-ring (bicyclic) bond motifs is 2. The highest BCUT2D eigenvalue weighted by Gasteiger charge is 2.64. The predicted molar refractivity (Wildman–Crippen MR) is 84.5 cm³/mol. The normalized spacial score (nSPS) is 41.7. The van der Waals surface area contributed by atoms with Gasteiger partial charge in [0.15, 0.2) is 0 Å². The van der Waals surface area contributed by atoms with Gasteiger partial charge in [-0.1, -0.05) is 45.8 Å². The fourth-order valence-corrected chi connectivity index (χ4v) is 6.01. The van der Waals surface area contributed by atoms with Gasteiger partial charge >= 0.3 is 0 Å². The Balaban J connectivity index is 2.22. The molecule has 20 heavy (non-hydrogen) atoms.